The van der Waals surface area contributed by atoms with E-state index in [1.165, 1.54) is 24.3 Å². The van der Waals surface area contributed by atoms with Gasteiger partial charge in [-0.2, -0.15) is 0 Å². The van der Waals surface area contributed by atoms with Crippen LogP contribution in [0.15, 0.2) is 76.5 Å². The summed E-state index contributed by atoms with van der Waals surface area (Å²) in [4.78, 5) is -0.452. The maximum absolute atomic E-state index is 12.8. The van der Waals surface area contributed by atoms with Crippen LogP contribution in [0, 0.1) is 0 Å². The van der Waals surface area contributed by atoms with Crippen molar-refractivity contribution >= 4 is 30.6 Å². The van der Waals surface area contributed by atoms with Crippen LogP contribution in [0.2, 0.25) is 0 Å². The Kier molecular flexibility index (Phi) is 4.88. The summed E-state index contributed by atoms with van der Waals surface area (Å²) in [5.74, 6) is 0. The standard InChI is InChI=1S/C19H19NO4S2/c1-14(16-11-7-9-15-8-3-4-10-17(15)16)20-26(23,24)19-13-6-5-12-18(19)25(2,21)22/h3-14,20H,1-2H3. The molecule has 3 rings (SSSR count). The molecule has 0 amide bonds. The van der Waals surface area contributed by atoms with Gasteiger partial charge in [0.05, 0.1) is 4.90 Å². The van der Waals surface area contributed by atoms with Crippen molar-refractivity contribution < 1.29 is 16.8 Å². The molecule has 7 heteroatoms. The van der Waals surface area contributed by atoms with E-state index in [1.807, 2.05) is 42.5 Å². The van der Waals surface area contributed by atoms with Crippen molar-refractivity contribution in [1.82, 2.24) is 4.72 Å². The van der Waals surface area contributed by atoms with Crippen LogP contribution in [-0.4, -0.2) is 23.1 Å². The number of sulfone groups is 1. The molecule has 26 heavy (non-hydrogen) atoms. The monoisotopic (exact) mass is 389 g/mol. The minimum Gasteiger partial charge on any atom is -0.224 e. The Morgan fingerprint density at radius 3 is 2.04 bits per heavy atom. The second kappa shape index (κ2) is 6.83. The molecule has 3 aromatic rings. The predicted octanol–water partition coefficient (Wildman–Crippen LogP) is 3.28. The van der Waals surface area contributed by atoms with Gasteiger partial charge in [0.25, 0.3) is 0 Å². The average molecular weight is 389 g/mol. The molecule has 0 spiro atoms. The van der Waals surface area contributed by atoms with Crippen molar-refractivity contribution in [2.45, 2.75) is 22.8 Å². The van der Waals surface area contributed by atoms with E-state index >= 15 is 0 Å². The fourth-order valence-corrected chi connectivity index (χ4v) is 5.82. The Labute approximate surface area is 153 Å². The number of fused-ring (bicyclic) bond motifs is 1. The van der Waals surface area contributed by atoms with Gasteiger partial charge in [0.2, 0.25) is 10.0 Å². The Morgan fingerprint density at radius 1 is 0.769 bits per heavy atom. The van der Waals surface area contributed by atoms with Crippen molar-refractivity contribution in [3.8, 4) is 0 Å². The molecule has 136 valence electrons. The Bertz CT molecular complexity index is 1160. The fraction of sp³-hybridized carbons (Fsp3) is 0.158. The molecule has 1 unspecified atom stereocenters. The third-order valence-electron chi connectivity index (χ3n) is 4.16. The first-order valence-corrected chi connectivity index (χ1v) is 11.4. The molecule has 0 aliphatic rings. The number of rotatable bonds is 5. The molecular formula is C19H19NO4S2. The zero-order valence-corrected chi connectivity index (χ0v) is 16.0. The number of benzene rings is 3. The van der Waals surface area contributed by atoms with Crippen LogP contribution in [0.5, 0.6) is 0 Å². The highest BCUT2D eigenvalue weighted by molar-refractivity contribution is 7.93. The largest absolute Gasteiger partial charge is 0.242 e. The van der Waals surface area contributed by atoms with E-state index in [-0.39, 0.29) is 9.79 Å². The normalized spacial score (nSPS) is 13.6. The Morgan fingerprint density at radius 2 is 1.35 bits per heavy atom. The number of nitrogens with one attached hydrogen (secondary N) is 1. The van der Waals surface area contributed by atoms with Crippen molar-refractivity contribution in [3.63, 3.8) is 0 Å². The van der Waals surface area contributed by atoms with E-state index in [9.17, 15) is 16.8 Å². The molecule has 0 saturated heterocycles. The molecule has 0 aliphatic carbocycles. The van der Waals surface area contributed by atoms with Gasteiger partial charge in [-0.15, -0.1) is 0 Å². The lowest BCUT2D eigenvalue weighted by Crippen LogP contribution is -2.28. The average Bonchev–Trinajstić information content (AvgIpc) is 2.60. The zero-order chi connectivity index (χ0) is 18.9. The van der Waals surface area contributed by atoms with E-state index in [0.29, 0.717) is 0 Å². The quantitative estimate of drug-likeness (QED) is 0.726. The van der Waals surface area contributed by atoms with Crippen molar-refractivity contribution in [3.05, 3.63) is 72.3 Å². The summed E-state index contributed by atoms with van der Waals surface area (Å²) in [5, 5.41) is 1.95. The maximum Gasteiger partial charge on any atom is 0.242 e. The summed E-state index contributed by atoms with van der Waals surface area (Å²) < 4.78 is 52.2. The number of sulfonamides is 1. The molecule has 0 heterocycles. The van der Waals surface area contributed by atoms with Gasteiger partial charge in [-0.1, -0.05) is 54.6 Å². The van der Waals surface area contributed by atoms with Gasteiger partial charge >= 0.3 is 0 Å². The van der Waals surface area contributed by atoms with E-state index in [1.54, 1.807) is 6.92 Å². The van der Waals surface area contributed by atoms with E-state index in [4.69, 9.17) is 0 Å². The third kappa shape index (κ3) is 3.65. The summed E-state index contributed by atoms with van der Waals surface area (Å²) in [6.45, 7) is 1.74. The smallest absolute Gasteiger partial charge is 0.224 e. The minimum atomic E-state index is -4.02. The lowest BCUT2D eigenvalue weighted by Gasteiger charge is -2.18. The van der Waals surface area contributed by atoms with Crippen LogP contribution in [-0.2, 0) is 19.9 Å². The summed E-state index contributed by atoms with van der Waals surface area (Å²) in [5.41, 5.74) is 0.823. The van der Waals surface area contributed by atoms with Gasteiger partial charge in [0, 0.05) is 12.3 Å². The van der Waals surface area contributed by atoms with Crippen LogP contribution < -0.4 is 4.72 Å². The number of hydrogen-bond donors (Lipinski definition) is 1. The Hall–Kier alpha value is -2.22. The second-order valence-corrected chi connectivity index (χ2v) is 9.80. The molecule has 5 nitrogen and oxygen atoms in total. The Balaban J connectivity index is 2.03. The molecule has 0 saturated carbocycles. The molecule has 0 aromatic heterocycles. The molecule has 0 fully saturated rings. The summed E-state index contributed by atoms with van der Waals surface area (Å²) in [6.07, 6.45) is 0.996. The highest BCUT2D eigenvalue weighted by Crippen LogP contribution is 2.27. The second-order valence-electron chi connectivity index (χ2n) is 6.13. The summed E-state index contributed by atoms with van der Waals surface area (Å²) in [6, 6.07) is 18.5. The van der Waals surface area contributed by atoms with Crippen LogP contribution >= 0.6 is 0 Å². The van der Waals surface area contributed by atoms with Gasteiger partial charge in [-0.3, -0.25) is 0 Å². The number of hydrogen-bond acceptors (Lipinski definition) is 4. The first-order chi connectivity index (χ1) is 12.2. The molecule has 0 bridgehead atoms. The first kappa shape index (κ1) is 18.6. The molecular weight excluding hydrogens is 370 g/mol. The highest BCUT2D eigenvalue weighted by atomic mass is 32.2. The maximum atomic E-state index is 12.8. The summed E-state index contributed by atoms with van der Waals surface area (Å²) in [7, 11) is -7.69. The minimum absolute atomic E-state index is 0.211. The zero-order valence-electron chi connectivity index (χ0n) is 14.4. The van der Waals surface area contributed by atoms with Crippen molar-refractivity contribution in [2.75, 3.05) is 6.26 Å². The SMILES string of the molecule is CC(NS(=O)(=O)c1ccccc1S(C)(=O)=O)c1cccc2ccccc12. The van der Waals surface area contributed by atoms with Gasteiger partial charge in [0.15, 0.2) is 9.84 Å². The van der Waals surface area contributed by atoms with Crippen LogP contribution in [0.1, 0.15) is 18.5 Å². The lowest BCUT2D eigenvalue weighted by atomic mass is 10.0. The van der Waals surface area contributed by atoms with E-state index in [0.717, 1.165) is 22.6 Å². The van der Waals surface area contributed by atoms with Crippen LogP contribution in [0.3, 0.4) is 0 Å². The molecule has 0 aliphatic heterocycles. The highest BCUT2D eigenvalue weighted by Gasteiger charge is 2.25. The summed E-state index contributed by atoms with van der Waals surface area (Å²) >= 11 is 0. The third-order valence-corrected chi connectivity index (χ3v) is 7.04. The van der Waals surface area contributed by atoms with Gasteiger partial charge < -0.3 is 0 Å². The van der Waals surface area contributed by atoms with Gasteiger partial charge in [-0.05, 0) is 35.4 Å². The van der Waals surface area contributed by atoms with Crippen LogP contribution in [0.4, 0.5) is 0 Å². The molecule has 1 atom stereocenters. The van der Waals surface area contributed by atoms with E-state index in [2.05, 4.69) is 4.72 Å². The van der Waals surface area contributed by atoms with Crippen molar-refractivity contribution in [1.29, 1.82) is 0 Å². The molecule has 1 N–H and O–H groups in total. The predicted molar refractivity (Wildman–Crippen MR) is 102 cm³/mol. The lowest BCUT2D eigenvalue weighted by molar-refractivity contribution is 0.562. The molecule has 3 aromatic carbocycles. The topological polar surface area (TPSA) is 80.3 Å². The van der Waals surface area contributed by atoms with E-state index < -0.39 is 25.9 Å². The fourth-order valence-electron chi connectivity index (χ4n) is 2.97. The molecule has 0 radical (unpaired) electrons. The van der Waals surface area contributed by atoms with Crippen molar-refractivity contribution in [2.24, 2.45) is 0 Å². The van der Waals surface area contributed by atoms with Crippen LogP contribution in [0.25, 0.3) is 10.8 Å². The first-order valence-electron chi connectivity index (χ1n) is 7.99. The van der Waals surface area contributed by atoms with Gasteiger partial charge in [0.1, 0.15) is 4.90 Å². The van der Waals surface area contributed by atoms with Gasteiger partial charge in [-0.25, -0.2) is 21.6 Å².